The molecule has 1 heterocycles. The highest BCUT2D eigenvalue weighted by molar-refractivity contribution is 9.10. The van der Waals surface area contributed by atoms with Crippen LogP contribution in [0.25, 0.3) is 0 Å². The predicted octanol–water partition coefficient (Wildman–Crippen LogP) is 3.14. The molecule has 0 radical (unpaired) electrons. The van der Waals surface area contributed by atoms with Gasteiger partial charge in [0, 0.05) is 36.2 Å². The van der Waals surface area contributed by atoms with E-state index in [1.807, 2.05) is 12.1 Å². The summed E-state index contributed by atoms with van der Waals surface area (Å²) in [6.45, 7) is 7.69. The maximum atomic E-state index is 10.3. The van der Waals surface area contributed by atoms with E-state index in [9.17, 15) is 5.11 Å². The Bertz CT molecular complexity index is 469. The fraction of sp³-hybridized carbons (Fsp3) is 0.429. The Morgan fingerprint density at radius 2 is 2.00 bits per heavy atom. The second-order valence-corrected chi connectivity index (χ2v) is 5.43. The molecule has 120 valence electrons. The third-order valence-corrected chi connectivity index (χ3v) is 3.83. The van der Waals surface area contributed by atoms with Crippen molar-refractivity contribution in [3.8, 4) is 11.5 Å². The monoisotopic (exact) mass is 398 g/mol. The number of aromatic hydroxyl groups is 1. The number of phenolic OH excluding ortho intramolecular Hbond substituents is 1. The maximum Gasteiger partial charge on any atom is 0.162 e. The van der Waals surface area contributed by atoms with E-state index < -0.39 is 0 Å². The molecule has 2 rings (SSSR count). The summed E-state index contributed by atoms with van der Waals surface area (Å²) in [5, 5.41) is 13.6. The average Bonchev–Trinajstić information content (AvgIpc) is 2.44. The third-order valence-electron chi connectivity index (χ3n) is 3.38. The average molecular weight is 400 g/mol. The summed E-state index contributed by atoms with van der Waals surface area (Å²) in [7, 11) is 1.55. The second kappa shape index (κ2) is 9.54. The molecule has 2 N–H and O–H groups in total. The summed E-state index contributed by atoms with van der Waals surface area (Å²) < 4.78 is 6.09. The molecule has 4 nitrogen and oxygen atoms in total. The zero-order valence-corrected chi connectivity index (χ0v) is 15.1. The molecule has 0 aromatic heterocycles. The highest BCUT2D eigenvalue weighted by atomic mass is 79.9. The predicted molar refractivity (Wildman–Crippen MR) is 94.2 cm³/mol. The number of hydrogen-bond acceptors (Lipinski definition) is 4. The van der Waals surface area contributed by atoms with Crippen LogP contribution in [0.1, 0.15) is 11.6 Å². The van der Waals surface area contributed by atoms with Crippen molar-refractivity contribution in [2.45, 2.75) is 6.04 Å². The van der Waals surface area contributed by atoms with Crippen LogP contribution in [0.3, 0.4) is 0 Å². The van der Waals surface area contributed by atoms with Gasteiger partial charge in [0.05, 0.1) is 13.2 Å². The van der Waals surface area contributed by atoms with Crippen LogP contribution in [-0.4, -0.2) is 43.3 Å². The van der Waals surface area contributed by atoms with E-state index in [1.54, 1.807) is 13.2 Å². The molecule has 1 fully saturated rings. The molecule has 1 aromatic rings. The molecule has 1 aliphatic rings. The van der Waals surface area contributed by atoms with E-state index in [0.29, 0.717) is 5.75 Å². The van der Waals surface area contributed by atoms with Gasteiger partial charge in [-0.15, -0.1) is 31.4 Å². The topological polar surface area (TPSA) is 44.7 Å². The summed E-state index contributed by atoms with van der Waals surface area (Å²) in [4.78, 5) is 2.30. The van der Waals surface area contributed by atoms with Crippen LogP contribution in [0.5, 0.6) is 11.5 Å². The van der Waals surface area contributed by atoms with Gasteiger partial charge in [0.2, 0.25) is 0 Å². The molecule has 1 aliphatic heterocycles. The molecule has 1 atom stereocenters. The van der Waals surface area contributed by atoms with Gasteiger partial charge in [0.1, 0.15) is 0 Å². The summed E-state index contributed by atoms with van der Waals surface area (Å²) in [5.41, 5.74) is 0.822. The standard InChI is InChI=1S/C14H19BrN2O2.2ClH/c1-3-12(17-6-4-16-5-7-17)11-8-10(15)9-13(19-2)14(11)18;;/h3,8-9,12,16,18H,1,4-7H2,2H3;2*1H/t12-;;/m0../s1. The molecule has 0 amide bonds. The highest BCUT2D eigenvalue weighted by Crippen LogP contribution is 2.39. The molecule has 0 unspecified atom stereocenters. The largest absolute Gasteiger partial charge is 0.504 e. The van der Waals surface area contributed by atoms with Gasteiger partial charge in [0.25, 0.3) is 0 Å². The Balaban J connectivity index is 0.00000200. The van der Waals surface area contributed by atoms with Gasteiger partial charge in [0.15, 0.2) is 11.5 Å². The van der Waals surface area contributed by atoms with Crippen molar-refractivity contribution in [3.63, 3.8) is 0 Å². The van der Waals surface area contributed by atoms with E-state index >= 15 is 0 Å². The number of phenols is 1. The number of benzene rings is 1. The quantitative estimate of drug-likeness (QED) is 0.763. The van der Waals surface area contributed by atoms with Crippen molar-refractivity contribution in [2.75, 3.05) is 33.3 Å². The first-order chi connectivity index (χ1) is 9.17. The van der Waals surface area contributed by atoms with E-state index in [2.05, 4.69) is 32.7 Å². The first kappa shape index (κ1) is 20.5. The lowest BCUT2D eigenvalue weighted by Crippen LogP contribution is -2.44. The van der Waals surface area contributed by atoms with Crippen LogP contribution in [0.4, 0.5) is 0 Å². The minimum atomic E-state index is -0.00602. The summed E-state index contributed by atoms with van der Waals surface area (Å²) in [6.07, 6.45) is 1.87. The van der Waals surface area contributed by atoms with E-state index in [4.69, 9.17) is 4.74 Å². The SMILES string of the molecule is C=C[C@@H](c1cc(Br)cc(OC)c1O)N1CCNCC1.Cl.Cl. The number of piperazine rings is 1. The number of rotatable bonds is 4. The van der Waals surface area contributed by atoms with Crippen molar-refractivity contribution >= 4 is 40.7 Å². The van der Waals surface area contributed by atoms with Gasteiger partial charge in [-0.2, -0.15) is 0 Å². The highest BCUT2D eigenvalue weighted by Gasteiger charge is 2.23. The lowest BCUT2D eigenvalue weighted by atomic mass is 10.0. The van der Waals surface area contributed by atoms with Crippen molar-refractivity contribution in [1.29, 1.82) is 0 Å². The summed E-state index contributed by atoms with van der Waals surface area (Å²) in [6, 6.07) is 3.68. The Kier molecular flexibility index (Phi) is 9.33. The van der Waals surface area contributed by atoms with Crippen molar-refractivity contribution in [2.24, 2.45) is 0 Å². The van der Waals surface area contributed by atoms with Gasteiger partial charge in [-0.25, -0.2) is 0 Å². The molecular formula is C14H21BrCl2N2O2. The van der Waals surface area contributed by atoms with Crippen LogP contribution >= 0.6 is 40.7 Å². The lowest BCUT2D eigenvalue weighted by molar-refractivity contribution is 0.200. The number of ether oxygens (including phenoxy) is 1. The van der Waals surface area contributed by atoms with Crippen LogP contribution < -0.4 is 10.1 Å². The summed E-state index contributed by atoms with van der Waals surface area (Å²) >= 11 is 3.45. The Morgan fingerprint density at radius 1 is 1.38 bits per heavy atom. The fourth-order valence-corrected chi connectivity index (χ4v) is 2.86. The van der Waals surface area contributed by atoms with Gasteiger partial charge in [-0.1, -0.05) is 22.0 Å². The second-order valence-electron chi connectivity index (χ2n) is 4.51. The Hall–Kier alpha value is -0.460. The molecule has 0 bridgehead atoms. The lowest BCUT2D eigenvalue weighted by Gasteiger charge is -2.34. The fourth-order valence-electron chi connectivity index (χ4n) is 2.41. The molecule has 21 heavy (non-hydrogen) atoms. The van der Waals surface area contributed by atoms with Crippen molar-refractivity contribution in [3.05, 3.63) is 34.8 Å². The first-order valence-corrected chi connectivity index (χ1v) is 7.10. The molecule has 0 aliphatic carbocycles. The van der Waals surface area contributed by atoms with Crippen molar-refractivity contribution in [1.82, 2.24) is 10.2 Å². The maximum absolute atomic E-state index is 10.3. The van der Waals surface area contributed by atoms with Gasteiger partial charge >= 0.3 is 0 Å². The minimum Gasteiger partial charge on any atom is -0.504 e. The first-order valence-electron chi connectivity index (χ1n) is 6.31. The van der Waals surface area contributed by atoms with E-state index in [1.165, 1.54) is 0 Å². The number of methoxy groups -OCH3 is 1. The minimum absolute atomic E-state index is 0. The Morgan fingerprint density at radius 3 is 2.52 bits per heavy atom. The number of halogens is 3. The van der Waals surface area contributed by atoms with Crippen LogP contribution in [0, 0.1) is 0 Å². The zero-order valence-electron chi connectivity index (χ0n) is 11.8. The molecular weight excluding hydrogens is 379 g/mol. The zero-order chi connectivity index (χ0) is 13.8. The van der Waals surface area contributed by atoms with E-state index in [-0.39, 0.29) is 36.6 Å². The summed E-state index contributed by atoms with van der Waals surface area (Å²) in [5.74, 6) is 0.667. The number of nitrogens with one attached hydrogen (secondary N) is 1. The van der Waals surface area contributed by atoms with Crippen LogP contribution in [-0.2, 0) is 0 Å². The van der Waals surface area contributed by atoms with E-state index in [0.717, 1.165) is 36.2 Å². The van der Waals surface area contributed by atoms with Crippen molar-refractivity contribution < 1.29 is 9.84 Å². The van der Waals surface area contributed by atoms with Gasteiger partial charge in [-0.3, -0.25) is 4.90 Å². The molecule has 7 heteroatoms. The van der Waals surface area contributed by atoms with Gasteiger partial charge < -0.3 is 15.2 Å². The molecule has 1 saturated heterocycles. The molecule has 0 saturated carbocycles. The molecule has 0 spiro atoms. The molecule has 1 aromatic carbocycles. The number of hydrogen-bond donors (Lipinski definition) is 2. The normalized spacial score (nSPS) is 16.3. The number of nitrogens with zero attached hydrogens (tertiary/aromatic N) is 1. The van der Waals surface area contributed by atoms with Crippen LogP contribution in [0.2, 0.25) is 0 Å². The third kappa shape index (κ3) is 4.76. The van der Waals surface area contributed by atoms with Crippen LogP contribution in [0.15, 0.2) is 29.3 Å². The van der Waals surface area contributed by atoms with Gasteiger partial charge in [-0.05, 0) is 12.1 Å². The smallest absolute Gasteiger partial charge is 0.162 e. The Labute approximate surface area is 146 Å².